The lowest BCUT2D eigenvalue weighted by Crippen LogP contribution is -2.48. The number of hydrogen-bond donors (Lipinski definition) is 2. The molecule has 1 heterocycles. The Morgan fingerprint density at radius 2 is 1.31 bits per heavy atom. The lowest BCUT2D eigenvalue weighted by atomic mass is 10.0. The van der Waals surface area contributed by atoms with Crippen LogP contribution in [0.1, 0.15) is 5.56 Å². The summed E-state index contributed by atoms with van der Waals surface area (Å²) in [5.74, 6) is -1.91. The summed E-state index contributed by atoms with van der Waals surface area (Å²) in [6.45, 7) is 0. The van der Waals surface area contributed by atoms with E-state index in [0.717, 1.165) is 27.4 Å². The molecular weight excluding hydrogens is 366 g/mol. The van der Waals surface area contributed by atoms with Crippen LogP contribution in [0.2, 0.25) is 0 Å². The van der Waals surface area contributed by atoms with Gasteiger partial charge in [-0.25, -0.2) is 4.79 Å². The van der Waals surface area contributed by atoms with Crippen LogP contribution in [0.15, 0.2) is 78.9 Å². The standard InChI is InChI=1S/C23H19N3O3/c24-22(28)21(27)18(14-15-8-2-1-3-9-15)25-23(29)26-19-12-6-4-10-16(19)17-11-5-7-13-20(17)26/h1-13,18H,14H2,(H2,24,28)(H,25,29). The van der Waals surface area contributed by atoms with Crippen LogP contribution >= 0.6 is 0 Å². The Morgan fingerprint density at radius 3 is 1.86 bits per heavy atom. The quantitative estimate of drug-likeness (QED) is 0.517. The molecule has 0 fully saturated rings. The van der Waals surface area contributed by atoms with E-state index in [4.69, 9.17) is 5.73 Å². The number of carbonyl (C=O) groups excluding carboxylic acids is 3. The molecule has 0 aliphatic heterocycles. The third-order valence-corrected chi connectivity index (χ3v) is 4.92. The molecule has 3 aromatic carbocycles. The molecule has 29 heavy (non-hydrogen) atoms. The number of fused-ring (bicyclic) bond motifs is 3. The molecule has 4 rings (SSSR count). The Balaban J connectivity index is 1.74. The molecule has 0 spiro atoms. The summed E-state index contributed by atoms with van der Waals surface area (Å²) in [7, 11) is 0. The van der Waals surface area contributed by atoms with Crippen LogP contribution in [0.5, 0.6) is 0 Å². The van der Waals surface area contributed by atoms with Gasteiger partial charge in [0.05, 0.1) is 11.0 Å². The SMILES string of the molecule is NC(=O)C(=O)C(Cc1ccccc1)NC(=O)n1c2ccccc2c2ccccc21. The fourth-order valence-corrected chi connectivity index (χ4v) is 3.59. The second kappa shape index (κ2) is 7.59. The van der Waals surface area contributed by atoms with Gasteiger partial charge in [-0.15, -0.1) is 0 Å². The van der Waals surface area contributed by atoms with Gasteiger partial charge in [-0.05, 0) is 17.7 Å². The summed E-state index contributed by atoms with van der Waals surface area (Å²) in [4.78, 5) is 37.1. The molecule has 0 saturated heterocycles. The molecule has 1 aromatic heterocycles. The van der Waals surface area contributed by atoms with E-state index in [2.05, 4.69) is 5.32 Å². The number of benzene rings is 3. The Hall–Kier alpha value is -3.93. The van der Waals surface area contributed by atoms with Crippen LogP contribution in [-0.2, 0) is 16.0 Å². The van der Waals surface area contributed by atoms with Crippen LogP contribution in [0.25, 0.3) is 21.8 Å². The van der Waals surface area contributed by atoms with Crippen LogP contribution in [0.4, 0.5) is 4.79 Å². The maximum atomic E-state index is 13.2. The lowest BCUT2D eigenvalue weighted by Gasteiger charge is -2.17. The number of rotatable bonds is 5. The molecule has 0 radical (unpaired) electrons. The number of nitrogens with two attached hydrogens (primary N) is 1. The van der Waals surface area contributed by atoms with Gasteiger partial charge in [0.25, 0.3) is 5.91 Å². The highest BCUT2D eigenvalue weighted by Gasteiger charge is 2.27. The van der Waals surface area contributed by atoms with E-state index >= 15 is 0 Å². The molecule has 0 aliphatic carbocycles. The number of nitrogens with zero attached hydrogens (tertiary/aromatic N) is 1. The van der Waals surface area contributed by atoms with Gasteiger partial charge in [0.2, 0.25) is 5.78 Å². The van der Waals surface area contributed by atoms with Gasteiger partial charge in [-0.1, -0.05) is 66.7 Å². The van der Waals surface area contributed by atoms with Gasteiger partial charge < -0.3 is 11.1 Å². The van der Waals surface area contributed by atoms with Crippen molar-refractivity contribution in [2.75, 3.05) is 0 Å². The number of amides is 2. The first-order chi connectivity index (χ1) is 14.1. The normalized spacial score (nSPS) is 12.0. The smallest absolute Gasteiger partial charge is 0.327 e. The molecule has 6 nitrogen and oxygen atoms in total. The number of ketones is 1. The largest absolute Gasteiger partial charge is 0.363 e. The van der Waals surface area contributed by atoms with E-state index in [-0.39, 0.29) is 6.42 Å². The van der Waals surface area contributed by atoms with Crippen molar-refractivity contribution in [1.82, 2.24) is 9.88 Å². The number of aromatic nitrogens is 1. The Bertz CT molecular complexity index is 1170. The van der Waals surface area contributed by atoms with E-state index < -0.39 is 23.8 Å². The summed E-state index contributed by atoms with van der Waals surface area (Å²) >= 11 is 0. The van der Waals surface area contributed by atoms with Crippen LogP contribution in [-0.4, -0.2) is 28.3 Å². The van der Waals surface area contributed by atoms with Crippen molar-refractivity contribution in [1.29, 1.82) is 0 Å². The van der Waals surface area contributed by atoms with Crippen LogP contribution in [0.3, 0.4) is 0 Å². The topological polar surface area (TPSA) is 94.2 Å². The lowest BCUT2D eigenvalue weighted by molar-refractivity contribution is -0.137. The van der Waals surface area contributed by atoms with Gasteiger partial charge in [0.1, 0.15) is 6.04 Å². The fourth-order valence-electron chi connectivity index (χ4n) is 3.59. The monoisotopic (exact) mass is 385 g/mol. The highest BCUT2D eigenvalue weighted by Crippen LogP contribution is 2.28. The zero-order chi connectivity index (χ0) is 20.4. The number of primary amides is 1. The van der Waals surface area contributed by atoms with Crippen LogP contribution in [0, 0.1) is 0 Å². The number of para-hydroxylation sites is 2. The third kappa shape index (κ3) is 3.48. The predicted molar refractivity (Wildman–Crippen MR) is 112 cm³/mol. The Morgan fingerprint density at radius 1 is 0.793 bits per heavy atom. The average molecular weight is 385 g/mol. The number of Topliss-reactive ketones (excluding diaryl/α,β-unsaturated/α-hetero) is 1. The molecule has 1 atom stereocenters. The molecule has 3 N–H and O–H groups in total. The van der Waals surface area contributed by atoms with Gasteiger partial charge >= 0.3 is 6.03 Å². The van der Waals surface area contributed by atoms with Gasteiger partial charge in [0, 0.05) is 17.2 Å². The maximum absolute atomic E-state index is 13.2. The minimum atomic E-state index is -1.08. The zero-order valence-corrected chi connectivity index (χ0v) is 15.5. The first kappa shape index (κ1) is 18.4. The first-order valence-corrected chi connectivity index (χ1v) is 9.23. The molecule has 2 amide bonds. The van der Waals surface area contributed by atoms with E-state index in [1.165, 1.54) is 4.57 Å². The second-order valence-electron chi connectivity index (χ2n) is 6.79. The van der Waals surface area contributed by atoms with Gasteiger partial charge in [-0.3, -0.25) is 14.2 Å². The molecule has 1 unspecified atom stereocenters. The highest BCUT2D eigenvalue weighted by molar-refractivity contribution is 6.38. The van der Waals surface area contributed by atoms with E-state index in [9.17, 15) is 14.4 Å². The zero-order valence-electron chi connectivity index (χ0n) is 15.5. The van der Waals surface area contributed by atoms with Crippen molar-refractivity contribution in [3.8, 4) is 0 Å². The number of carbonyl (C=O) groups is 3. The fraction of sp³-hybridized carbons (Fsp3) is 0.0870. The minimum absolute atomic E-state index is 0.172. The molecule has 144 valence electrons. The van der Waals surface area contributed by atoms with Crippen molar-refractivity contribution in [2.24, 2.45) is 5.73 Å². The summed E-state index contributed by atoms with van der Waals surface area (Å²) in [5.41, 5.74) is 7.47. The second-order valence-corrected chi connectivity index (χ2v) is 6.79. The molecule has 0 aliphatic rings. The van der Waals surface area contributed by atoms with Crippen molar-refractivity contribution < 1.29 is 14.4 Å². The van der Waals surface area contributed by atoms with Gasteiger partial charge in [0.15, 0.2) is 0 Å². The summed E-state index contributed by atoms with van der Waals surface area (Å²) in [5, 5.41) is 4.57. The minimum Gasteiger partial charge on any atom is -0.363 e. The maximum Gasteiger partial charge on any atom is 0.327 e. The first-order valence-electron chi connectivity index (χ1n) is 9.23. The van der Waals surface area contributed by atoms with Crippen molar-refractivity contribution in [2.45, 2.75) is 12.5 Å². The molecule has 0 bridgehead atoms. The van der Waals surface area contributed by atoms with E-state index in [1.54, 1.807) is 0 Å². The summed E-state index contributed by atoms with van der Waals surface area (Å²) in [6, 6.07) is 22.7. The third-order valence-electron chi connectivity index (χ3n) is 4.92. The molecule has 6 heteroatoms. The Labute approximate surface area is 166 Å². The van der Waals surface area contributed by atoms with Crippen molar-refractivity contribution in [3.05, 3.63) is 84.4 Å². The average Bonchev–Trinajstić information content (AvgIpc) is 3.08. The summed E-state index contributed by atoms with van der Waals surface area (Å²) in [6.07, 6.45) is 0.172. The highest BCUT2D eigenvalue weighted by atomic mass is 16.2. The molecule has 0 saturated carbocycles. The van der Waals surface area contributed by atoms with E-state index in [1.807, 2.05) is 78.9 Å². The van der Waals surface area contributed by atoms with Crippen LogP contribution < -0.4 is 11.1 Å². The number of hydrogen-bond acceptors (Lipinski definition) is 3. The summed E-state index contributed by atoms with van der Waals surface area (Å²) < 4.78 is 1.52. The molecule has 4 aromatic rings. The predicted octanol–water partition coefficient (Wildman–Crippen LogP) is 3.02. The Kier molecular flexibility index (Phi) is 4.83. The number of nitrogens with one attached hydrogen (secondary N) is 1. The van der Waals surface area contributed by atoms with E-state index in [0.29, 0.717) is 0 Å². The van der Waals surface area contributed by atoms with Crippen molar-refractivity contribution >= 4 is 39.5 Å². The molecular formula is C23H19N3O3. The van der Waals surface area contributed by atoms with Crippen molar-refractivity contribution in [3.63, 3.8) is 0 Å². The van der Waals surface area contributed by atoms with Gasteiger partial charge in [-0.2, -0.15) is 0 Å².